The molecular formula is C17H24N4O3. The monoisotopic (exact) mass is 332 g/mol. The van der Waals surface area contributed by atoms with E-state index < -0.39 is 6.04 Å². The topological polar surface area (TPSA) is 95.4 Å². The third-order valence-electron chi connectivity index (χ3n) is 4.94. The summed E-state index contributed by atoms with van der Waals surface area (Å²) in [6.45, 7) is 1.23. The first-order chi connectivity index (χ1) is 11.6. The van der Waals surface area contributed by atoms with Crippen LogP contribution in [0.15, 0.2) is 12.4 Å². The maximum Gasteiger partial charge on any atom is 0.292 e. The molecule has 2 aliphatic rings. The zero-order valence-corrected chi connectivity index (χ0v) is 13.8. The van der Waals surface area contributed by atoms with E-state index in [9.17, 15) is 14.7 Å². The van der Waals surface area contributed by atoms with E-state index in [2.05, 4.69) is 15.3 Å². The molecule has 0 radical (unpaired) electrons. The van der Waals surface area contributed by atoms with Crippen LogP contribution in [0.1, 0.15) is 55.6 Å². The number of aromatic hydroxyl groups is 1. The molecule has 7 heteroatoms. The van der Waals surface area contributed by atoms with Gasteiger partial charge in [0.05, 0.1) is 12.4 Å². The van der Waals surface area contributed by atoms with Crippen LogP contribution < -0.4 is 5.32 Å². The van der Waals surface area contributed by atoms with Gasteiger partial charge in [0.1, 0.15) is 6.04 Å². The van der Waals surface area contributed by atoms with Crippen molar-refractivity contribution in [3.05, 3.63) is 18.2 Å². The van der Waals surface area contributed by atoms with E-state index in [0.29, 0.717) is 25.4 Å². The summed E-state index contributed by atoms with van der Waals surface area (Å²) in [5, 5.41) is 12.2. The molecule has 0 aromatic carbocycles. The van der Waals surface area contributed by atoms with Crippen LogP contribution in [0.2, 0.25) is 0 Å². The van der Waals surface area contributed by atoms with Crippen LogP contribution in [0.4, 0.5) is 0 Å². The van der Waals surface area contributed by atoms with Crippen molar-refractivity contribution in [2.75, 3.05) is 13.1 Å². The minimum absolute atomic E-state index is 0.0137. The van der Waals surface area contributed by atoms with Gasteiger partial charge in [-0.1, -0.05) is 19.3 Å². The molecular weight excluding hydrogens is 308 g/mol. The van der Waals surface area contributed by atoms with Crippen molar-refractivity contribution in [1.29, 1.82) is 0 Å². The summed E-state index contributed by atoms with van der Waals surface area (Å²) in [6.07, 6.45) is 9.97. The van der Waals surface area contributed by atoms with E-state index in [4.69, 9.17) is 0 Å². The van der Waals surface area contributed by atoms with Gasteiger partial charge in [-0.2, -0.15) is 0 Å². The Morgan fingerprint density at radius 3 is 2.54 bits per heavy atom. The molecule has 1 atom stereocenters. The number of nitrogens with zero attached hydrogens (tertiary/aromatic N) is 3. The molecule has 130 valence electrons. The molecule has 1 aromatic heterocycles. The molecule has 3 rings (SSSR count). The summed E-state index contributed by atoms with van der Waals surface area (Å²) in [4.78, 5) is 34.3. The molecule has 2 amide bonds. The fraction of sp³-hybridized carbons (Fsp3) is 0.647. The lowest BCUT2D eigenvalue weighted by Gasteiger charge is -2.26. The van der Waals surface area contributed by atoms with E-state index in [1.807, 2.05) is 0 Å². The Labute approximate surface area is 141 Å². The summed E-state index contributed by atoms with van der Waals surface area (Å²) in [5.41, 5.74) is 0. The van der Waals surface area contributed by atoms with E-state index >= 15 is 0 Å². The number of carbonyl (C=O) groups is 2. The Bertz CT molecular complexity index is 584. The first-order valence-electron chi connectivity index (χ1n) is 8.75. The van der Waals surface area contributed by atoms with Gasteiger partial charge in [-0.25, -0.2) is 9.97 Å². The zero-order chi connectivity index (χ0) is 16.9. The zero-order valence-electron chi connectivity index (χ0n) is 13.8. The molecule has 1 aromatic rings. The molecule has 1 saturated carbocycles. The fourth-order valence-electron chi connectivity index (χ4n) is 3.60. The average molecular weight is 332 g/mol. The number of aromatic nitrogens is 2. The van der Waals surface area contributed by atoms with Crippen LogP contribution in [0.5, 0.6) is 5.75 Å². The van der Waals surface area contributed by atoms with Gasteiger partial charge < -0.3 is 15.3 Å². The molecule has 2 fully saturated rings. The predicted octanol–water partition coefficient (Wildman–Crippen LogP) is 1.48. The summed E-state index contributed by atoms with van der Waals surface area (Å²) in [5.74, 6) is 0.0544. The fourth-order valence-corrected chi connectivity index (χ4v) is 3.60. The highest BCUT2D eigenvalue weighted by molar-refractivity contribution is 5.95. The molecule has 24 heavy (non-hydrogen) atoms. The SMILES string of the molecule is O=C(NCC1CCCCC1)C1CCCN1C(=O)c1ncc(O)cn1. The molecule has 0 bridgehead atoms. The number of nitrogens with one attached hydrogen (secondary N) is 1. The molecule has 2 heterocycles. The standard InChI is InChI=1S/C17H24N4O3/c22-13-10-18-15(19-11-13)17(24)21-8-4-7-14(21)16(23)20-9-12-5-2-1-3-6-12/h10-12,14,22H,1-9H2,(H,20,23). The second-order valence-electron chi connectivity index (χ2n) is 6.67. The van der Waals surface area contributed by atoms with Crippen LogP contribution in [0, 0.1) is 5.92 Å². The Balaban J connectivity index is 1.58. The van der Waals surface area contributed by atoms with Gasteiger partial charge in [0.25, 0.3) is 5.91 Å². The van der Waals surface area contributed by atoms with Crippen molar-refractivity contribution in [3.63, 3.8) is 0 Å². The second kappa shape index (κ2) is 7.59. The van der Waals surface area contributed by atoms with Crippen LogP contribution >= 0.6 is 0 Å². The Morgan fingerprint density at radius 2 is 1.83 bits per heavy atom. The quantitative estimate of drug-likeness (QED) is 0.871. The van der Waals surface area contributed by atoms with Gasteiger partial charge in [0, 0.05) is 13.1 Å². The summed E-state index contributed by atoms with van der Waals surface area (Å²) < 4.78 is 0. The number of rotatable bonds is 4. The van der Waals surface area contributed by atoms with Gasteiger partial charge in [-0.15, -0.1) is 0 Å². The third kappa shape index (κ3) is 3.83. The Kier molecular flexibility index (Phi) is 5.27. The lowest BCUT2D eigenvalue weighted by Crippen LogP contribution is -2.47. The van der Waals surface area contributed by atoms with Crippen molar-refractivity contribution in [2.45, 2.75) is 51.0 Å². The second-order valence-corrected chi connectivity index (χ2v) is 6.67. The van der Waals surface area contributed by atoms with Gasteiger partial charge in [0.2, 0.25) is 11.7 Å². The van der Waals surface area contributed by atoms with E-state index in [-0.39, 0.29) is 23.4 Å². The molecule has 1 unspecified atom stereocenters. The molecule has 1 saturated heterocycles. The first kappa shape index (κ1) is 16.7. The van der Waals surface area contributed by atoms with Crippen molar-refractivity contribution in [1.82, 2.24) is 20.2 Å². The summed E-state index contributed by atoms with van der Waals surface area (Å²) in [7, 11) is 0. The average Bonchev–Trinajstić information content (AvgIpc) is 3.10. The van der Waals surface area contributed by atoms with Crippen LogP contribution in [0.25, 0.3) is 0 Å². The minimum Gasteiger partial charge on any atom is -0.505 e. The lowest BCUT2D eigenvalue weighted by atomic mass is 9.89. The number of likely N-dealkylation sites (tertiary alicyclic amines) is 1. The van der Waals surface area contributed by atoms with Crippen molar-refractivity contribution < 1.29 is 14.7 Å². The molecule has 1 aliphatic heterocycles. The Hall–Kier alpha value is -2.18. The van der Waals surface area contributed by atoms with Crippen LogP contribution in [-0.2, 0) is 4.79 Å². The van der Waals surface area contributed by atoms with Gasteiger partial charge >= 0.3 is 0 Å². The summed E-state index contributed by atoms with van der Waals surface area (Å²) >= 11 is 0. The highest BCUT2D eigenvalue weighted by Gasteiger charge is 2.35. The minimum atomic E-state index is -0.446. The molecule has 7 nitrogen and oxygen atoms in total. The van der Waals surface area contributed by atoms with Crippen molar-refractivity contribution in [2.24, 2.45) is 5.92 Å². The normalized spacial score (nSPS) is 21.7. The van der Waals surface area contributed by atoms with Crippen LogP contribution in [-0.4, -0.2) is 50.9 Å². The third-order valence-corrected chi connectivity index (χ3v) is 4.94. The van der Waals surface area contributed by atoms with E-state index in [0.717, 1.165) is 6.42 Å². The van der Waals surface area contributed by atoms with Crippen LogP contribution in [0.3, 0.4) is 0 Å². The number of hydrogen-bond donors (Lipinski definition) is 2. The highest BCUT2D eigenvalue weighted by Crippen LogP contribution is 2.23. The van der Waals surface area contributed by atoms with Gasteiger partial charge in [-0.3, -0.25) is 9.59 Å². The number of carbonyl (C=O) groups excluding carboxylic acids is 2. The van der Waals surface area contributed by atoms with E-state index in [1.165, 1.54) is 44.5 Å². The molecule has 0 spiro atoms. The largest absolute Gasteiger partial charge is 0.505 e. The Morgan fingerprint density at radius 1 is 1.12 bits per heavy atom. The highest BCUT2D eigenvalue weighted by atomic mass is 16.3. The maximum absolute atomic E-state index is 12.5. The first-order valence-corrected chi connectivity index (χ1v) is 8.75. The maximum atomic E-state index is 12.5. The van der Waals surface area contributed by atoms with E-state index in [1.54, 1.807) is 4.90 Å². The number of amides is 2. The number of hydrogen-bond acceptors (Lipinski definition) is 5. The van der Waals surface area contributed by atoms with Gasteiger partial charge in [0.15, 0.2) is 5.75 Å². The van der Waals surface area contributed by atoms with Gasteiger partial charge in [-0.05, 0) is 31.6 Å². The predicted molar refractivity (Wildman–Crippen MR) is 87.3 cm³/mol. The van der Waals surface area contributed by atoms with Crippen molar-refractivity contribution >= 4 is 11.8 Å². The lowest BCUT2D eigenvalue weighted by molar-refractivity contribution is -0.125. The molecule has 1 aliphatic carbocycles. The smallest absolute Gasteiger partial charge is 0.292 e. The van der Waals surface area contributed by atoms with Crippen molar-refractivity contribution in [3.8, 4) is 5.75 Å². The molecule has 2 N–H and O–H groups in total. The summed E-state index contributed by atoms with van der Waals surface area (Å²) in [6, 6.07) is -0.446.